The molecule has 0 saturated carbocycles. The zero-order chi connectivity index (χ0) is 23.2. The molecule has 176 valence electrons. The van der Waals surface area contributed by atoms with Crippen LogP contribution in [0.5, 0.6) is 0 Å². The molecule has 1 heterocycles. The van der Waals surface area contributed by atoms with Crippen LogP contribution in [0.1, 0.15) is 33.3 Å². The van der Waals surface area contributed by atoms with Crippen molar-refractivity contribution in [2.75, 3.05) is 19.8 Å². The number of hydrogen-bond acceptors (Lipinski definition) is 6. The molecule has 10 heteroatoms. The fourth-order valence-corrected chi connectivity index (χ4v) is 3.79. The minimum atomic E-state index is -4.38. The first-order valence-electron chi connectivity index (χ1n) is 10.1. The van der Waals surface area contributed by atoms with E-state index in [1.165, 1.54) is 25.1 Å². The summed E-state index contributed by atoms with van der Waals surface area (Å²) in [6.07, 6.45) is -1.26. The molecule has 0 aliphatic carbocycles. The van der Waals surface area contributed by atoms with Gasteiger partial charge < -0.3 is 25.2 Å². The lowest BCUT2D eigenvalue weighted by Gasteiger charge is -2.36. The SMILES string of the molecule is CC(=O)N[C@@H](Cc1cccc(SC(F)(F)F)c1)[C@H](O)[C@H]1CO[C@@H](OCC(C)(C)C)CN1. The number of amides is 1. The van der Waals surface area contributed by atoms with Gasteiger partial charge in [-0.2, -0.15) is 13.2 Å². The lowest BCUT2D eigenvalue weighted by molar-refractivity contribution is -0.182. The van der Waals surface area contributed by atoms with Crippen molar-refractivity contribution >= 4 is 17.7 Å². The Morgan fingerprint density at radius 2 is 2.10 bits per heavy atom. The van der Waals surface area contributed by atoms with E-state index in [2.05, 4.69) is 31.4 Å². The topological polar surface area (TPSA) is 79.8 Å². The van der Waals surface area contributed by atoms with Crippen molar-refractivity contribution in [3.63, 3.8) is 0 Å². The lowest BCUT2D eigenvalue weighted by atomic mass is 9.96. The van der Waals surface area contributed by atoms with Crippen molar-refractivity contribution < 1.29 is 32.5 Å². The molecule has 1 amide bonds. The van der Waals surface area contributed by atoms with Gasteiger partial charge in [0.1, 0.15) is 0 Å². The second-order valence-corrected chi connectivity index (χ2v) is 9.98. The third-order valence-corrected chi connectivity index (χ3v) is 5.23. The molecule has 0 bridgehead atoms. The minimum absolute atomic E-state index is 0.00480. The third kappa shape index (κ3) is 9.78. The van der Waals surface area contributed by atoms with Crippen molar-refractivity contribution in [1.82, 2.24) is 10.6 Å². The van der Waals surface area contributed by atoms with E-state index in [1.54, 1.807) is 6.07 Å². The van der Waals surface area contributed by atoms with Crippen molar-refractivity contribution in [3.05, 3.63) is 29.8 Å². The van der Waals surface area contributed by atoms with E-state index in [0.29, 0.717) is 18.7 Å². The van der Waals surface area contributed by atoms with Gasteiger partial charge in [0.25, 0.3) is 0 Å². The quantitative estimate of drug-likeness (QED) is 0.513. The Kier molecular flexibility index (Phi) is 9.20. The van der Waals surface area contributed by atoms with Gasteiger partial charge in [0.2, 0.25) is 5.91 Å². The van der Waals surface area contributed by atoms with Crippen LogP contribution in [0.25, 0.3) is 0 Å². The maximum atomic E-state index is 12.7. The van der Waals surface area contributed by atoms with Gasteiger partial charge in [0, 0.05) is 18.4 Å². The number of ether oxygens (including phenoxy) is 2. The molecule has 1 saturated heterocycles. The van der Waals surface area contributed by atoms with Crippen LogP contribution in [0.3, 0.4) is 0 Å². The van der Waals surface area contributed by atoms with E-state index < -0.39 is 30.0 Å². The third-order valence-electron chi connectivity index (χ3n) is 4.51. The summed E-state index contributed by atoms with van der Waals surface area (Å²) in [6, 6.07) is 4.83. The Morgan fingerprint density at radius 3 is 2.65 bits per heavy atom. The molecule has 0 spiro atoms. The number of aliphatic hydroxyl groups excluding tert-OH is 1. The van der Waals surface area contributed by atoms with Gasteiger partial charge >= 0.3 is 5.51 Å². The van der Waals surface area contributed by atoms with E-state index >= 15 is 0 Å². The summed E-state index contributed by atoms with van der Waals surface area (Å²) in [4.78, 5) is 11.7. The summed E-state index contributed by atoms with van der Waals surface area (Å²) in [5.74, 6) is -0.340. The predicted molar refractivity (Wildman–Crippen MR) is 113 cm³/mol. The Hall–Kier alpha value is -1.33. The molecule has 1 aliphatic rings. The van der Waals surface area contributed by atoms with Gasteiger partial charge in [0.05, 0.1) is 31.4 Å². The monoisotopic (exact) mass is 464 g/mol. The number of aliphatic hydroxyl groups is 1. The van der Waals surface area contributed by atoms with Crippen LogP contribution in [0.4, 0.5) is 13.2 Å². The average Bonchev–Trinajstić information content (AvgIpc) is 2.64. The van der Waals surface area contributed by atoms with Crippen LogP contribution in [0, 0.1) is 5.41 Å². The molecule has 4 atom stereocenters. The van der Waals surface area contributed by atoms with E-state index in [-0.39, 0.29) is 41.0 Å². The number of hydrogen-bond donors (Lipinski definition) is 3. The Morgan fingerprint density at radius 1 is 1.39 bits per heavy atom. The Bertz CT molecular complexity index is 719. The molecule has 0 radical (unpaired) electrons. The van der Waals surface area contributed by atoms with Gasteiger partial charge in [-0.3, -0.25) is 4.79 Å². The molecular formula is C21H31F3N2O4S. The summed E-state index contributed by atoms with van der Waals surface area (Å²) < 4.78 is 49.4. The standard InChI is InChI=1S/C21H31F3N2O4S/c1-13(27)26-16(9-14-6-5-7-15(8-14)31-21(22,23)24)19(28)17-11-29-18(10-25-17)30-12-20(2,3)4/h5-8,16-19,25,28H,9-12H2,1-4H3,(H,26,27)/t16-,17+,18-,19-/m0/s1. The van der Waals surface area contributed by atoms with Crippen LogP contribution in [-0.2, 0) is 20.7 Å². The van der Waals surface area contributed by atoms with E-state index in [1.807, 2.05) is 0 Å². The highest BCUT2D eigenvalue weighted by Gasteiger charge is 2.33. The molecule has 1 fully saturated rings. The van der Waals surface area contributed by atoms with E-state index in [4.69, 9.17) is 9.47 Å². The van der Waals surface area contributed by atoms with Crippen LogP contribution in [-0.4, -0.2) is 60.8 Å². The molecule has 0 aromatic heterocycles. The van der Waals surface area contributed by atoms with Crippen molar-refractivity contribution in [2.45, 2.75) is 69.0 Å². The average molecular weight is 465 g/mol. The zero-order valence-electron chi connectivity index (χ0n) is 18.2. The van der Waals surface area contributed by atoms with Crippen molar-refractivity contribution in [2.24, 2.45) is 5.41 Å². The maximum absolute atomic E-state index is 12.7. The molecule has 1 aromatic rings. The van der Waals surface area contributed by atoms with Crippen molar-refractivity contribution in [1.29, 1.82) is 0 Å². The summed E-state index contributed by atoms with van der Waals surface area (Å²) in [7, 11) is 0. The van der Waals surface area contributed by atoms with Crippen LogP contribution in [0.2, 0.25) is 0 Å². The van der Waals surface area contributed by atoms with Crippen LogP contribution >= 0.6 is 11.8 Å². The number of nitrogens with one attached hydrogen (secondary N) is 2. The Balaban J connectivity index is 1.99. The number of carbonyl (C=O) groups excluding carboxylic acids is 1. The lowest BCUT2D eigenvalue weighted by Crippen LogP contribution is -2.59. The zero-order valence-corrected chi connectivity index (χ0v) is 19.0. The fraction of sp³-hybridized carbons (Fsp3) is 0.667. The number of benzene rings is 1. The number of alkyl halides is 3. The molecular weight excluding hydrogens is 433 g/mol. The molecule has 2 rings (SSSR count). The van der Waals surface area contributed by atoms with Gasteiger partial charge in [-0.25, -0.2) is 0 Å². The normalized spacial score (nSPS) is 22.1. The summed E-state index contributed by atoms with van der Waals surface area (Å²) in [6.45, 7) is 8.56. The minimum Gasteiger partial charge on any atom is -0.389 e. The van der Waals surface area contributed by atoms with Crippen LogP contribution < -0.4 is 10.6 Å². The Labute approximate surface area is 185 Å². The highest BCUT2D eigenvalue weighted by molar-refractivity contribution is 8.00. The number of thioether (sulfide) groups is 1. The smallest absolute Gasteiger partial charge is 0.389 e. The molecule has 0 unspecified atom stereocenters. The van der Waals surface area contributed by atoms with Gasteiger partial charge in [-0.15, -0.1) is 0 Å². The summed E-state index contributed by atoms with van der Waals surface area (Å²) >= 11 is -0.197. The number of halogens is 3. The number of morpholine rings is 1. The van der Waals surface area contributed by atoms with Crippen molar-refractivity contribution in [3.8, 4) is 0 Å². The first-order valence-corrected chi connectivity index (χ1v) is 10.9. The van der Waals surface area contributed by atoms with E-state index in [0.717, 1.165) is 0 Å². The number of carbonyl (C=O) groups is 1. The molecule has 1 aromatic carbocycles. The molecule has 1 aliphatic heterocycles. The highest BCUT2D eigenvalue weighted by atomic mass is 32.2. The fourth-order valence-electron chi connectivity index (χ4n) is 3.17. The molecule has 31 heavy (non-hydrogen) atoms. The predicted octanol–water partition coefficient (Wildman–Crippen LogP) is 3.08. The van der Waals surface area contributed by atoms with E-state index in [9.17, 15) is 23.1 Å². The summed E-state index contributed by atoms with van der Waals surface area (Å²) in [5.41, 5.74) is -3.81. The van der Waals surface area contributed by atoms with Gasteiger partial charge in [0.15, 0.2) is 6.29 Å². The second-order valence-electron chi connectivity index (χ2n) is 8.85. The first-order chi connectivity index (χ1) is 14.3. The van der Waals surface area contributed by atoms with Gasteiger partial charge in [-0.1, -0.05) is 32.9 Å². The summed E-state index contributed by atoms with van der Waals surface area (Å²) in [5, 5.41) is 16.7. The number of rotatable bonds is 8. The molecule has 6 nitrogen and oxygen atoms in total. The van der Waals surface area contributed by atoms with Gasteiger partial charge in [-0.05, 0) is 41.3 Å². The second kappa shape index (κ2) is 11.0. The largest absolute Gasteiger partial charge is 0.446 e. The maximum Gasteiger partial charge on any atom is 0.446 e. The first kappa shape index (κ1) is 25.9. The van der Waals surface area contributed by atoms with Crippen LogP contribution in [0.15, 0.2) is 29.2 Å². The highest BCUT2D eigenvalue weighted by Crippen LogP contribution is 2.37. The molecule has 3 N–H and O–H groups in total.